The van der Waals surface area contributed by atoms with Crippen molar-refractivity contribution in [2.24, 2.45) is 10.3 Å². The van der Waals surface area contributed by atoms with Gasteiger partial charge in [0.2, 0.25) is 0 Å². The highest BCUT2D eigenvalue weighted by Gasteiger charge is 2.19. The first kappa shape index (κ1) is 19.1. The molecule has 142 valence electrons. The van der Waals surface area contributed by atoms with Gasteiger partial charge in [0.1, 0.15) is 11.4 Å². The molecule has 0 aliphatic carbocycles. The molecule has 0 radical (unpaired) electrons. The van der Waals surface area contributed by atoms with Gasteiger partial charge in [0, 0.05) is 37.3 Å². The van der Waals surface area contributed by atoms with Gasteiger partial charge in [-0.1, -0.05) is 71.0 Å². The topological polar surface area (TPSA) is 71.7 Å². The molecule has 0 saturated carbocycles. The van der Waals surface area contributed by atoms with Crippen LogP contribution in [-0.2, 0) is 0 Å². The molecule has 2 N–H and O–H groups in total. The minimum Gasteiger partial charge on any atom is -0.411 e. The molecule has 0 unspecified atom stereocenters. The number of benzene rings is 2. The van der Waals surface area contributed by atoms with Crippen molar-refractivity contribution in [3.8, 4) is 0 Å². The van der Waals surface area contributed by atoms with Crippen molar-refractivity contribution in [3.63, 3.8) is 0 Å². The smallest absolute Gasteiger partial charge is 0.101 e. The quantitative estimate of drug-likeness (QED) is 0.468. The van der Waals surface area contributed by atoms with E-state index < -0.39 is 0 Å². The second-order valence-electron chi connectivity index (χ2n) is 6.73. The molecule has 6 nitrogen and oxygen atoms in total. The predicted octanol–water partition coefficient (Wildman–Crippen LogP) is 2.75. The zero-order valence-electron chi connectivity index (χ0n) is 15.4. The van der Waals surface area contributed by atoms with Crippen LogP contribution >= 0.6 is 0 Å². The van der Waals surface area contributed by atoms with Crippen LogP contribution in [0.3, 0.4) is 0 Å². The molecule has 1 heterocycles. The Bertz CT molecular complexity index is 697. The van der Waals surface area contributed by atoms with E-state index >= 15 is 0 Å². The highest BCUT2D eigenvalue weighted by Crippen LogP contribution is 2.09. The van der Waals surface area contributed by atoms with Gasteiger partial charge in [0.15, 0.2) is 0 Å². The highest BCUT2D eigenvalue weighted by molar-refractivity contribution is 6.02. The molecule has 1 aliphatic rings. The normalized spacial score (nSPS) is 17.6. The lowest BCUT2D eigenvalue weighted by atomic mass is 10.1. The fourth-order valence-corrected chi connectivity index (χ4v) is 3.39. The van der Waals surface area contributed by atoms with Gasteiger partial charge in [-0.3, -0.25) is 9.80 Å². The first-order chi connectivity index (χ1) is 13.3. The summed E-state index contributed by atoms with van der Waals surface area (Å²) in [5, 5.41) is 25.9. The molecule has 0 atom stereocenters. The first-order valence-corrected chi connectivity index (χ1v) is 9.27. The zero-order chi connectivity index (χ0) is 18.9. The average Bonchev–Trinajstić information content (AvgIpc) is 2.96. The minimum atomic E-state index is 0.619. The van der Waals surface area contributed by atoms with Crippen LogP contribution in [0.4, 0.5) is 0 Å². The third-order valence-corrected chi connectivity index (χ3v) is 4.88. The van der Waals surface area contributed by atoms with Crippen LogP contribution < -0.4 is 0 Å². The lowest BCUT2D eigenvalue weighted by Gasteiger charge is -2.22. The summed E-state index contributed by atoms with van der Waals surface area (Å²) in [7, 11) is 0. The van der Waals surface area contributed by atoms with Crippen LogP contribution in [0.5, 0.6) is 0 Å². The van der Waals surface area contributed by atoms with Crippen molar-refractivity contribution >= 4 is 11.4 Å². The summed E-state index contributed by atoms with van der Waals surface area (Å²) in [5.41, 5.74) is 3.26. The number of nitrogens with zero attached hydrogens (tertiary/aromatic N) is 4. The number of rotatable bonds is 6. The molecule has 1 aliphatic heterocycles. The Morgan fingerprint density at radius 1 is 0.667 bits per heavy atom. The second-order valence-corrected chi connectivity index (χ2v) is 6.73. The Hall–Kier alpha value is -2.70. The summed E-state index contributed by atoms with van der Waals surface area (Å²) < 4.78 is 0. The van der Waals surface area contributed by atoms with E-state index in [-0.39, 0.29) is 0 Å². The summed E-state index contributed by atoms with van der Waals surface area (Å²) in [6.07, 6.45) is 1.01. The van der Waals surface area contributed by atoms with Crippen LogP contribution in [0.2, 0.25) is 0 Å². The fraction of sp³-hybridized carbons (Fsp3) is 0.333. The zero-order valence-corrected chi connectivity index (χ0v) is 15.4. The molecule has 0 aromatic heterocycles. The summed E-state index contributed by atoms with van der Waals surface area (Å²) in [6, 6.07) is 19.5. The maximum atomic E-state index is 9.42. The van der Waals surface area contributed by atoms with E-state index in [1.165, 1.54) is 0 Å². The van der Waals surface area contributed by atoms with E-state index in [2.05, 4.69) is 20.1 Å². The SMILES string of the molecule is O/N=C(/CN1CCCN(C/C(=N/O)c2ccccc2)CC1)c1ccccc1. The monoisotopic (exact) mass is 366 g/mol. The predicted molar refractivity (Wildman–Crippen MR) is 107 cm³/mol. The standard InChI is InChI=1S/C21H26N4O2/c26-22-20(18-8-3-1-4-9-18)16-24-12-7-13-25(15-14-24)17-21(23-27)19-10-5-2-6-11-19/h1-6,8-11,26-27H,7,12-17H2/b22-20-,23-21-. The van der Waals surface area contributed by atoms with Gasteiger partial charge in [0.25, 0.3) is 0 Å². The lowest BCUT2D eigenvalue weighted by Crippen LogP contribution is -2.36. The summed E-state index contributed by atoms with van der Waals surface area (Å²) >= 11 is 0. The largest absolute Gasteiger partial charge is 0.411 e. The molecule has 2 aromatic rings. The van der Waals surface area contributed by atoms with Crippen molar-refractivity contribution in [1.29, 1.82) is 0 Å². The molecule has 3 rings (SSSR count). The van der Waals surface area contributed by atoms with Gasteiger partial charge in [0.05, 0.1) is 0 Å². The molecular formula is C21H26N4O2. The Balaban J connectivity index is 1.57. The van der Waals surface area contributed by atoms with Gasteiger partial charge in [-0.15, -0.1) is 0 Å². The Morgan fingerprint density at radius 3 is 1.44 bits per heavy atom. The highest BCUT2D eigenvalue weighted by atomic mass is 16.4. The van der Waals surface area contributed by atoms with Crippen LogP contribution in [-0.4, -0.2) is 70.9 Å². The van der Waals surface area contributed by atoms with Crippen molar-refractivity contribution in [1.82, 2.24) is 9.80 Å². The molecule has 0 bridgehead atoms. The van der Waals surface area contributed by atoms with Crippen molar-refractivity contribution in [2.45, 2.75) is 6.42 Å². The van der Waals surface area contributed by atoms with Crippen molar-refractivity contribution in [3.05, 3.63) is 71.8 Å². The van der Waals surface area contributed by atoms with E-state index in [9.17, 15) is 10.4 Å². The Morgan fingerprint density at radius 2 is 1.07 bits per heavy atom. The van der Waals surface area contributed by atoms with Crippen molar-refractivity contribution < 1.29 is 10.4 Å². The van der Waals surface area contributed by atoms with E-state index in [1.54, 1.807) is 0 Å². The number of hydrogen-bond acceptors (Lipinski definition) is 6. The number of hydrogen-bond donors (Lipinski definition) is 2. The van der Waals surface area contributed by atoms with Crippen LogP contribution in [0.1, 0.15) is 17.5 Å². The molecule has 27 heavy (non-hydrogen) atoms. The number of oxime groups is 2. The molecule has 6 heteroatoms. The van der Waals surface area contributed by atoms with Gasteiger partial charge < -0.3 is 10.4 Å². The molecule has 0 amide bonds. The molecule has 1 saturated heterocycles. The van der Waals surface area contributed by atoms with E-state index in [1.807, 2.05) is 60.7 Å². The maximum absolute atomic E-state index is 9.42. The first-order valence-electron chi connectivity index (χ1n) is 9.27. The summed E-state index contributed by atoms with van der Waals surface area (Å²) in [5.74, 6) is 0. The van der Waals surface area contributed by atoms with Crippen molar-refractivity contribution in [2.75, 3.05) is 39.3 Å². The third-order valence-electron chi connectivity index (χ3n) is 4.88. The molecular weight excluding hydrogens is 340 g/mol. The Labute approximate surface area is 160 Å². The lowest BCUT2D eigenvalue weighted by molar-refractivity contribution is 0.281. The summed E-state index contributed by atoms with van der Waals surface area (Å²) in [4.78, 5) is 4.61. The minimum absolute atomic E-state index is 0.619. The molecule has 1 fully saturated rings. The van der Waals surface area contributed by atoms with E-state index in [0.717, 1.165) is 43.7 Å². The molecule has 2 aromatic carbocycles. The van der Waals surface area contributed by atoms with Crippen LogP contribution in [0.25, 0.3) is 0 Å². The Kier molecular flexibility index (Phi) is 6.96. The average molecular weight is 366 g/mol. The van der Waals surface area contributed by atoms with Crippen LogP contribution in [0.15, 0.2) is 71.0 Å². The van der Waals surface area contributed by atoms with E-state index in [4.69, 9.17) is 0 Å². The summed E-state index contributed by atoms with van der Waals surface area (Å²) in [6.45, 7) is 4.87. The van der Waals surface area contributed by atoms with E-state index in [0.29, 0.717) is 24.5 Å². The van der Waals surface area contributed by atoms with Gasteiger partial charge in [-0.05, 0) is 19.5 Å². The third kappa shape index (κ3) is 5.39. The second kappa shape index (κ2) is 9.85. The molecule has 0 spiro atoms. The van der Waals surface area contributed by atoms with Gasteiger partial charge in [-0.25, -0.2) is 0 Å². The van der Waals surface area contributed by atoms with Crippen LogP contribution in [0, 0.1) is 0 Å². The van der Waals surface area contributed by atoms with Gasteiger partial charge >= 0.3 is 0 Å². The maximum Gasteiger partial charge on any atom is 0.101 e. The fourth-order valence-electron chi connectivity index (χ4n) is 3.39. The van der Waals surface area contributed by atoms with Gasteiger partial charge in [-0.2, -0.15) is 0 Å².